The molecule has 0 bridgehead atoms. The van der Waals surface area contributed by atoms with Crippen molar-refractivity contribution in [3.63, 3.8) is 0 Å². The second-order valence-electron chi connectivity index (χ2n) is 5.72. The third-order valence-electron chi connectivity index (χ3n) is 3.86. The highest BCUT2D eigenvalue weighted by Crippen LogP contribution is 2.19. The first-order valence-corrected chi connectivity index (χ1v) is 7.88. The predicted molar refractivity (Wildman–Crippen MR) is 92.2 cm³/mol. The Hall–Kier alpha value is -2.56. The summed E-state index contributed by atoms with van der Waals surface area (Å²) in [6.07, 6.45) is 8.16. The number of aryl methyl sites for hydroxylation is 1. The largest absolute Gasteiger partial charge is 0.444 e. The Morgan fingerprint density at radius 2 is 2.00 bits per heavy atom. The number of hydrogen-bond acceptors (Lipinski definition) is 3. The van der Waals surface area contributed by atoms with Crippen LogP contribution >= 0.6 is 0 Å². The van der Waals surface area contributed by atoms with Gasteiger partial charge in [0.2, 0.25) is 5.89 Å². The molecule has 0 fully saturated rings. The molecule has 5 heteroatoms. The fourth-order valence-corrected chi connectivity index (χ4v) is 2.51. The van der Waals surface area contributed by atoms with Gasteiger partial charge in [0.25, 0.3) is 0 Å². The van der Waals surface area contributed by atoms with E-state index in [4.69, 9.17) is 4.42 Å². The first kappa shape index (κ1) is 15.3. The molecular weight excluding hydrogens is 288 g/mol. The average molecular weight is 310 g/mol. The maximum Gasteiger partial charge on any atom is 0.226 e. The third kappa shape index (κ3) is 4.00. The molecule has 1 aliphatic carbocycles. The van der Waals surface area contributed by atoms with E-state index in [9.17, 15) is 0 Å². The van der Waals surface area contributed by atoms with Crippen LogP contribution in [0.2, 0.25) is 0 Å². The van der Waals surface area contributed by atoms with Crippen molar-refractivity contribution in [3.05, 3.63) is 53.9 Å². The minimum absolute atomic E-state index is 0.432. The standard InChI is InChI=1S/C18H22N4O/c1-13-7-9-14(10-8-13)17-21-16(12-23-17)11-20-18(19-2)22-15-5-3-4-6-15/h3-4,7-10,12,15H,5-6,11H2,1-2H3,(H2,19,20,22). The highest BCUT2D eigenvalue weighted by atomic mass is 16.3. The Bertz CT molecular complexity index is 692. The minimum atomic E-state index is 0.432. The summed E-state index contributed by atoms with van der Waals surface area (Å²) in [5, 5.41) is 6.67. The second kappa shape index (κ2) is 7.13. The quantitative estimate of drug-likeness (QED) is 0.518. The Morgan fingerprint density at radius 1 is 1.26 bits per heavy atom. The summed E-state index contributed by atoms with van der Waals surface area (Å²) in [6.45, 7) is 2.64. The number of aliphatic imine (C=N–C) groups is 1. The zero-order valence-corrected chi connectivity index (χ0v) is 13.5. The molecule has 0 spiro atoms. The van der Waals surface area contributed by atoms with E-state index in [1.807, 2.05) is 12.1 Å². The van der Waals surface area contributed by atoms with Gasteiger partial charge in [-0.3, -0.25) is 4.99 Å². The molecule has 1 aliphatic rings. The molecule has 3 rings (SSSR count). The van der Waals surface area contributed by atoms with Crippen molar-refractivity contribution in [2.24, 2.45) is 4.99 Å². The van der Waals surface area contributed by atoms with E-state index in [1.165, 1.54) is 5.56 Å². The van der Waals surface area contributed by atoms with Crippen LogP contribution in [0, 0.1) is 6.92 Å². The van der Waals surface area contributed by atoms with Gasteiger partial charge in [0.15, 0.2) is 5.96 Å². The lowest BCUT2D eigenvalue weighted by atomic mass is 10.1. The van der Waals surface area contributed by atoms with Crippen LogP contribution in [0.25, 0.3) is 11.5 Å². The van der Waals surface area contributed by atoms with Crippen LogP contribution in [0.1, 0.15) is 24.1 Å². The molecule has 0 unspecified atom stereocenters. The molecule has 23 heavy (non-hydrogen) atoms. The molecule has 2 aromatic rings. The van der Waals surface area contributed by atoms with Gasteiger partial charge < -0.3 is 15.1 Å². The van der Waals surface area contributed by atoms with Gasteiger partial charge in [-0.05, 0) is 31.9 Å². The summed E-state index contributed by atoms with van der Waals surface area (Å²) in [6, 6.07) is 8.58. The van der Waals surface area contributed by atoms with Crippen molar-refractivity contribution < 1.29 is 4.42 Å². The summed E-state index contributed by atoms with van der Waals surface area (Å²) in [4.78, 5) is 8.77. The van der Waals surface area contributed by atoms with Gasteiger partial charge in [-0.25, -0.2) is 4.98 Å². The van der Waals surface area contributed by atoms with Crippen molar-refractivity contribution in [1.29, 1.82) is 0 Å². The van der Waals surface area contributed by atoms with Crippen LogP contribution in [0.15, 0.2) is 52.1 Å². The average Bonchev–Trinajstić information content (AvgIpc) is 3.24. The number of aromatic nitrogens is 1. The molecule has 0 radical (unpaired) electrons. The number of hydrogen-bond donors (Lipinski definition) is 2. The van der Waals surface area contributed by atoms with Gasteiger partial charge in [0, 0.05) is 18.7 Å². The van der Waals surface area contributed by atoms with Crippen LogP contribution in [0.5, 0.6) is 0 Å². The number of rotatable bonds is 4. The minimum Gasteiger partial charge on any atom is -0.444 e. The Kier molecular flexibility index (Phi) is 4.76. The van der Waals surface area contributed by atoms with E-state index < -0.39 is 0 Å². The van der Waals surface area contributed by atoms with Gasteiger partial charge in [0.1, 0.15) is 6.26 Å². The van der Waals surface area contributed by atoms with Crippen LogP contribution < -0.4 is 10.6 Å². The normalized spacial score (nSPS) is 15.1. The smallest absolute Gasteiger partial charge is 0.226 e. The molecule has 1 aromatic heterocycles. The maximum atomic E-state index is 5.57. The highest BCUT2D eigenvalue weighted by Gasteiger charge is 2.12. The van der Waals surface area contributed by atoms with Crippen LogP contribution in [0.4, 0.5) is 0 Å². The monoisotopic (exact) mass is 310 g/mol. The lowest BCUT2D eigenvalue weighted by Gasteiger charge is -2.16. The van der Waals surface area contributed by atoms with Gasteiger partial charge >= 0.3 is 0 Å². The van der Waals surface area contributed by atoms with Crippen molar-refractivity contribution in [2.75, 3.05) is 7.05 Å². The van der Waals surface area contributed by atoms with Crippen molar-refractivity contribution in [1.82, 2.24) is 15.6 Å². The lowest BCUT2D eigenvalue weighted by Crippen LogP contribution is -2.42. The zero-order chi connectivity index (χ0) is 16.1. The molecule has 2 N–H and O–H groups in total. The zero-order valence-electron chi connectivity index (χ0n) is 13.5. The molecule has 0 saturated heterocycles. The molecule has 120 valence electrons. The molecule has 0 atom stereocenters. The Morgan fingerprint density at radius 3 is 2.70 bits per heavy atom. The summed E-state index contributed by atoms with van der Waals surface area (Å²) in [5.74, 6) is 1.43. The summed E-state index contributed by atoms with van der Waals surface area (Å²) in [5.41, 5.74) is 3.06. The molecule has 5 nitrogen and oxygen atoms in total. The van der Waals surface area contributed by atoms with Gasteiger partial charge in [-0.15, -0.1) is 0 Å². The number of benzene rings is 1. The SMILES string of the molecule is CN=C(NCc1coc(-c2ccc(C)cc2)n1)NC1CC=CC1. The van der Waals surface area contributed by atoms with E-state index >= 15 is 0 Å². The molecule has 0 amide bonds. The van der Waals surface area contributed by atoms with Gasteiger partial charge in [0.05, 0.1) is 12.2 Å². The van der Waals surface area contributed by atoms with E-state index in [0.29, 0.717) is 18.5 Å². The molecule has 1 aromatic carbocycles. The second-order valence-corrected chi connectivity index (χ2v) is 5.72. The summed E-state index contributed by atoms with van der Waals surface area (Å²) >= 11 is 0. The first-order valence-electron chi connectivity index (χ1n) is 7.88. The van der Waals surface area contributed by atoms with Crippen molar-refractivity contribution in [2.45, 2.75) is 32.4 Å². The van der Waals surface area contributed by atoms with Crippen LogP contribution in [0.3, 0.4) is 0 Å². The van der Waals surface area contributed by atoms with E-state index in [1.54, 1.807) is 13.3 Å². The van der Waals surface area contributed by atoms with E-state index in [-0.39, 0.29) is 0 Å². The van der Waals surface area contributed by atoms with Crippen LogP contribution in [-0.2, 0) is 6.54 Å². The lowest BCUT2D eigenvalue weighted by molar-refractivity contribution is 0.571. The van der Waals surface area contributed by atoms with E-state index in [2.05, 4.69) is 51.8 Å². The fraction of sp³-hybridized carbons (Fsp3) is 0.333. The van der Waals surface area contributed by atoms with Crippen LogP contribution in [-0.4, -0.2) is 24.0 Å². The molecular formula is C18H22N4O. The van der Waals surface area contributed by atoms with Crippen molar-refractivity contribution in [3.8, 4) is 11.5 Å². The third-order valence-corrected chi connectivity index (χ3v) is 3.86. The van der Waals surface area contributed by atoms with E-state index in [0.717, 1.165) is 30.1 Å². The Labute approximate surface area is 136 Å². The number of nitrogens with zero attached hydrogens (tertiary/aromatic N) is 2. The molecule has 0 saturated carbocycles. The predicted octanol–water partition coefficient (Wildman–Crippen LogP) is 3.03. The highest BCUT2D eigenvalue weighted by molar-refractivity contribution is 5.80. The maximum absolute atomic E-state index is 5.57. The van der Waals surface area contributed by atoms with Gasteiger partial charge in [-0.2, -0.15) is 0 Å². The summed E-state index contributed by atoms with van der Waals surface area (Å²) < 4.78 is 5.57. The summed E-state index contributed by atoms with van der Waals surface area (Å²) in [7, 11) is 1.78. The number of oxazole rings is 1. The van der Waals surface area contributed by atoms with Crippen molar-refractivity contribution >= 4 is 5.96 Å². The molecule has 0 aliphatic heterocycles. The Balaban J connectivity index is 1.57. The number of guanidine groups is 1. The topological polar surface area (TPSA) is 62.5 Å². The number of nitrogens with one attached hydrogen (secondary N) is 2. The molecule has 1 heterocycles. The fourth-order valence-electron chi connectivity index (χ4n) is 2.51. The first-order chi connectivity index (χ1) is 11.2. The van der Waals surface area contributed by atoms with Gasteiger partial charge in [-0.1, -0.05) is 29.8 Å².